The van der Waals surface area contributed by atoms with Crippen LogP contribution in [0.1, 0.15) is 50.0 Å². The average Bonchev–Trinajstić information content (AvgIpc) is 2.99. The summed E-state index contributed by atoms with van der Waals surface area (Å²) in [5.41, 5.74) is 1.54. The fourth-order valence-corrected chi connectivity index (χ4v) is 3.21. The maximum absolute atomic E-state index is 13.8. The van der Waals surface area contributed by atoms with Crippen molar-refractivity contribution in [3.05, 3.63) is 47.8 Å². The van der Waals surface area contributed by atoms with Crippen LogP contribution in [0.25, 0.3) is 11.1 Å². The summed E-state index contributed by atoms with van der Waals surface area (Å²) in [6.45, 7) is 4.50. The smallest absolute Gasteiger partial charge is 0.267 e. The number of hydrogen-bond donors (Lipinski definition) is 2. The van der Waals surface area contributed by atoms with E-state index in [-0.39, 0.29) is 17.5 Å². The summed E-state index contributed by atoms with van der Waals surface area (Å²) in [6, 6.07) is 5.19. The zero-order valence-electron chi connectivity index (χ0n) is 14.0. The second-order valence-corrected chi connectivity index (χ2v) is 7.34. The van der Waals surface area contributed by atoms with Gasteiger partial charge >= 0.3 is 0 Å². The molecule has 1 aliphatic rings. The van der Waals surface area contributed by atoms with Crippen LogP contribution in [0.4, 0.5) is 8.78 Å². The van der Waals surface area contributed by atoms with E-state index < -0.39 is 11.6 Å². The lowest BCUT2D eigenvalue weighted by atomic mass is 9.75. The van der Waals surface area contributed by atoms with Crippen molar-refractivity contribution in [1.29, 1.82) is 0 Å². The fourth-order valence-electron chi connectivity index (χ4n) is 3.21. The molecule has 2 aromatic rings. The minimum Gasteiger partial charge on any atom is -0.357 e. The van der Waals surface area contributed by atoms with Crippen molar-refractivity contribution < 1.29 is 13.6 Å². The second-order valence-electron chi connectivity index (χ2n) is 7.34. The Hall–Kier alpha value is -2.17. The normalized spacial score (nSPS) is 17.7. The van der Waals surface area contributed by atoms with E-state index in [1.807, 2.05) is 0 Å². The zero-order chi connectivity index (χ0) is 17.3. The summed E-state index contributed by atoms with van der Waals surface area (Å²) in [5, 5.41) is 3.04. The van der Waals surface area contributed by atoms with Gasteiger partial charge in [-0.15, -0.1) is 0 Å². The maximum atomic E-state index is 13.8. The number of rotatable bonds is 3. The molecular formula is C19H22F2N2O. The summed E-state index contributed by atoms with van der Waals surface area (Å²) in [5.74, 6) is -1.45. The third-order valence-electron chi connectivity index (χ3n) is 4.84. The van der Waals surface area contributed by atoms with E-state index in [0.717, 1.165) is 31.7 Å². The van der Waals surface area contributed by atoms with Gasteiger partial charge in [-0.2, -0.15) is 0 Å². The predicted octanol–water partition coefficient (Wildman–Crippen LogP) is 4.66. The van der Waals surface area contributed by atoms with Gasteiger partial charge in [0.2, 0.25) is 0 Å². The average molecular weight is 332 g/mol. The molecule has 1 aromatic carbocycles. The summed E-state index contributed by atoms with van der Waals surface area (Å²) in [7, 11) is 0. The van der Waals surface area contributed by atoms with Gasteiger partial charge in [0.05, 0.1) is 0 Å². The Bertz CT molecular complexity index is 742. The van der Waals surface area contributed by atoms with Crippen LogP contribution in [-0.2, 0) is 0 Å². The lowest BCUT2D eigenvalue weighted by Gasteiger charge is -2.34. The number of H-pyrrole nitrogens is 1. The van der Waals surface area contributed by atoms with Crippen LogP contribution in [0, 0.1) is 17.0 Å². The highest BCUT2D eigenvalue weighted by atomic mass is 19.1. The van der Waals surface area contributed by atoms with E-state index in [1.165, 1.54) is 12.1 Å². The lowest BCUT2D eigenvalue weighted by molar-refractivity contribution is 0.0904. The van der Waals surface area contributed by atoms with E-state index in [2.05, 4.69) is 24.1 Å². The molecule has 128 valence electrons. The van der Waals surface area contributed by atoms with Crippen molar-refractivity contribution in [2.45, 2.75) is 45.6 Å². The van der Waals surface area contributed by atoms with Gasteiger partial charge in [-0.25, -0.2) is 8.78 Å². The van der Waals surface area contributed by atoms with Gasteiger partial charge in [0.1, 0.15) is 17.3 Å². The molecule has 0 aliphatic heterocycles. The predicted molar refractivity (Wildman–Crippen MR) is 89.6 cm³/mol. The number of benzene rings is 1. The van der Waals surface area contributed by atoms with Gasteiger partial charge < -0.3 is 10.3 Å². The molecule has 1 fully saturated rings. The molecule has 1 aliphatic carbocycles. The fraction of sp³-hybridized carbons (Fsp3) is 0.421. The quantitative estimate of drug-likeness (QED) is 0.844. The van der Waals surface area contributed by atoms with Gasteiger partial charge in [0.25, 0.3) is 5.91 Å². The Morgan fingerprint density at radius 1 is 1.21 bits per heavy atom. The van der Waals surface area contributed by atoms with Crippen LogP contribution in [0.5, 0.6) is 0 Å². The first-order valence-electron chi connectivity index (χ1n) is 8.29. The lowest BCUT2D eigenvalue weighted by Crippen LogP contribution is -2.39. The Morgan fingerprint density at radius 3 is 2.58 bits per heavy atom. The van der Waals surface area contributed by atoms with Gasteiger partial charge in [0.15, 0.2) is 0 Å². The number of carbonyl (C=O) groups excluding carboxylic acids is 1. The van der Waals surface area contributed by atoms with Crippen molar-refractivity contribution in [1.82, 2.24) is 10.3 Å². The number of aromatic nitrogens is 1. The number of carbonyl (C=O) groups is 1. The van der Waals surface area contributed by atoms with E-state index in [4.69, 9.17) is 0 Å². The number of amides is 1. The topological polar surface area (TPSA) is 44.9 Å². The summed E-state index contributed by atoms with van der Waals surface area (Å²) in [6.07, 6.45) is 5.69. The van der Waals surface area contributed by atoms with Crippen LogP contribution in [0.15, 0.2) is 30.5 Å². The molecule has 1 heterocycles. The number of hydrogen-bond acceptors (Lipinski definition) is 1. The van der Waals surface area contributed by atoms with Gasteiger partial charge in [-0.05, 0) is 49.3 Å². The van der Waals surface area contributed by atoms with Crippen LogP contribution < -0.4 is 5.32 Å². The molecule has 1 aromatic heterocycles. The first-order chi connectivity index (χ1) is 11.3. The van der Waals surface area contributed by atoms with E-state index in [1.54, 1.807) is 12.3 Å². The highest BCUT2D eigenvalue weighted by molar-refractivity contribution is 5.94. The first-order valence-corrected chi connectivity index (χ1v) is 8.29. The van der Waals surface area contributed by atoms with Crippen molar-refractivity contribution >= 4 is 5.91 Å². The SMILES string of the molecule is CC1(C)CCC(NC(=O)c2cc(-c3ccc(F)cc3F)c[nH]2)CC1. The largest absolute Gasteiger partial charge is 0.357 e. The summed E-state index contributed by atoms with van der Waals surface area (Å²) >= 11 is 0. The van der Waals surface area contributed by atoms with Crippen molar-refractivity contribution in [2.75, 3.05) is 0 Å². The molecule has 0 unspecified atom stereocenters. The summed E-state index contributed by atoms with van der Waals surface area (Å²) < 4.78 is 26.8. The molecule has 3 rings (SSSR count). The molecule has 0 saturated heterocycles. The van der Waals surface area contributed by atoms with E-state index in [9.17, 15) is 13.6 Å². The third kappa shape index (κ3) is 3.66. The maximum Gasteiger partial charge on any atom is 0.267 e. The Kier molecular flexibility index (Phi) is 4.43. The molecule has 1 amide bonds. The molecule has 24 heavy (non-hydrogen) atoms. The highest BCUT2D eigenvalue weighted by Gasteiger charge is 2.28. The van der Waals surface area contributed by atoms with Gasteiger partial charge in [0, 0.05) is 29.4 Å². The Balaban J connectivity index is 1.68. The van der Waals surface area contributed by atoms with E-state index >= 15 is 0 Å². The molecule has 1 saturated carbocycles. The Morgan fingerprint density at radius 2 is 1.92 bits per heavy atom. The van der Waals surface area contributed by atoms with E-state index in [0.29, 0.717) is 16.7 Å². The second kappa shape index (κ2) is 6.38. The van der Waals surface area contributed by atoms with Crippen LogP contribution in [0.2, 0.25) is 0 Å². The zero-order valence-corrected chi connectivity index (χ0v) is 14.0. The molecule has 0 spiro atoms. The number of nitrogens with one attached hydrogen (secondary N) is 2. The molecule has 0 bridgehead atoms. The number of aromatic amines is 1. The molecular weight excluding hydrogens is 310 g/mol. The first kappa shape index (κ1) is 16.7. The molecule has 2 N–H and O–H groups in total. The van der Waals surface area contributed by atoms with Crippen molar-refractivity contribution in [2.24, 2.45) is 5.41 Å². The standard InChI is InChI=1S/C19H22F2N2O/c1-19(2)7-5-14(6-8-19)23-18(24)17-9-12(11-22-17)15-4-3-13(20)10-16(15)21/h3-4,9-11,14,22H,5-8H2,1-2H3,(H,23,24). The monoisotopic (exact) mass is 332 g/mol. The Labute approximate surface area is 140 Å². The van der Waals surface area contributed by atoms with Crippen molar-refractivity contribution in [3.8, 4) is 11.1 Å². The molecule has 0 radical (unpaired) electrons. The van der Waals surface area contributed by atoms with Crippen LogP contribution >= 0.6 is 0 Å². The third-order valence-corrected chi connectivity index (χ3v) is 4.84. The van der Waals surface area contributed by atoms with Gasteiger partial charge in [-0.1, -0.05) is 13.8 Å². The molecule has 0 atom stereocenters. The number of halogens is 2. The van der Waals surface area contributed by atoms with Crippen molar-refractivity contribution in [3.63, 3.8) is 0 Å². The van der Waals surface area contributed by atoms with Crippen LogP contribution in [0.3, 0.4) is 0 Å². The van der Waals surface area contributed by atoms with Gasteiger partial charge in [-0.3, -0.25) is 4.79 Å². The molecule has 3 nitrogen and oxygen atoms in total. The minimum atomic E-state index is -0.643. The minimum absolute atomic E-state index is 0.180. The summed E-state index contributed by atoms with van der Waals surface area (Å²) in [4.78, 5) is 15.2. The van der Waals surface area contributed by atoms with Crippen LogP contribution in [-0.4, -0.2) is 16.9 Å². The highest BCUT2D eigenvalue weighted by Crippen LogP contribution is 2.35. The molecule has 5 heteroatoms.